The summed E-state index contributed by atoms with van der Waals surface area (Å²) in [7, 11) is 0. The summed E-state index contributed by atoms with van der Waals surface area (Å²) in [6.45, 7) is 2.25. The molecule has 0 amide bonds. The summed E-state index contributed by atoms with van der Waals surface area (Å²) in [6.07, 6.45) is 5.28. The minimum atomic E-state index is -0.377. The number of benzene rings is 1. The molecule has 1 aromatic rings. The first-order valence-electron chi connectivity index (χ1n) is 7.69. The van der Waals surface area contributed by atoms with E-state index in [0.29, 0.717) is 5.92 Å². The molecule has 0 radical (unpaired) electrons. The smallest absolute Gasteiger partial charge is 0.310 e. The highest BCUT2D eigenvalue weighted by Gasteiger charge is 2.59. The molecule has 1 aliphatic heterocycles. The van der Waals surface area contributed by atoms with Gasteiger partial charge in [0.1, 0.15) is 5.60 Å². The number of carbonyl (C=O) groups is 1. The summed E-state index contributed by atoms with van der Waals surface area (Å²) in [5.74, 6) is 0.417. The second kappa shape index (κ2) is 4.21. The first-order chi connectivity index (χ1) is 9.72. The molecule has 1 heterocycles. The lowest BCUT2D eigenvalue weighted by atomic mass is 9.61. The number of carbonyl (C=O) groups excluding carboxylic acids is 1. The Labute approximate surface area is 119 Å². The zero-order valence-electron chi connectivity index (χ0n) is 11.9. The van der Waals surface area contributed by atoms with E-state index < -0.39 is 0 Å². The SMILES string of the molecule is CC1=C2CCC[C@]3(c4ccccc4)OC(=O)[C@H](CC1)[C@H]23. The molecule has 0 spiro atoms. The van der Waals surface area contributed by atoms with Gasteiger partial charge in [0.05, 0.1) is 5.92 Å². The Bertz CT molecular complexity index is 587. The Morgan fingerprint density at radius 2 is 2.00 bits per heavy atom. The number of rotatable bonds is 1. The molecule has 2 fully saturated rings. The summed E-state index contributed by atoms with van der Waals surface area (Å²) >= 11 is 0. The number of hydrogen-bond donors (Lipinski definition) is 0. The molecule has 0 N–H and O–H groups in total. The quantitative estimate of drug-likeness (QED) is 0.569. The van der Waals surface area contributed by atoms with Crippen molar-refractivity contribution in [2.45, 2.75) is 44.6 Å². The van der Waals surface area contributed by atoms with Crippen LogP contribution in [-0.2, 0) is 15.1 Å². The molecule has 0 aromatic heterocycles. The van der Waals surface area contributed by atoms with Crippen molar-refractivity contribution < 1.29 is 9.53 Å². The molecule has 3 aliphatic rings. The van der Waals surface area contributed by atoms with E-state index in [-0.39, 0.29) is 17.5 Å². The third-order valence-electron chi connectivity index (χ3n) is 5.50. The van der Waals surface area contributed by atoms with Crippen molar-refractivity contribution in [3.8, 4) is 0 Å². The van der Waals surface area contributed by atoms with Crippen LogP contribution < -0.4 is 0 Å². The number of hydrogen-bond acceptors (Lipinski definition) is 2. The third-order valence-corrected chi connectivity index (χ3v) is 5.50. The monoisotopic (exact) mass is 268 g/mol. The van der Waals surface area contributed by atoms with E-state index in [4.69, 9.17) is 4.74 Å². The minimum Gasteiger partial charge on any atom is -0.453 e. The lowest BCUT2D eigenvalue weighted by Gasteiger charge is -2.43. The van der Waals surface area contributed by atoms with Crippen molar-refractivity contribution in [1.29, 1.82) is 0 Å². The Kier molecular flexibility index (Phi) is 2.57. The van der Waals surface area contributed by atoms with Crippen LogP contribution >= 0.6 is 0 Å². The zero-order chi connectivity index (χ0) is 13.7. The molecule has 20 heavy (non-hydrogen) atoms. The van der Waals surface area contributed by atoms with Crippen LogP contribution in [0.5, 0.6) is 0 Å². The molecule has 104 valence electrons. The first-order valence-corrected chi connectivity index (χ1v) is 7.69. The standard InChI is InChI=1S/C18H20O2/c1-12-9-10-15-16-14(12)8-5-11-18(16,20-17(15)19)13-6-3-2-4-7-13/h2-4,6-7,15-16H,5,8-11H2,1H3/t15-,16+,18-/m1/s1. The molecule has 2 aliphatic carbocycles. The maximum atomic E-state index is 12.4. The summed E-state index contributed by atoms with van der Waals surface area (Å²) in [5, 5.41) is 0. The van der Waals surface area contributed by atoms with Crippen LogP contribution in [0.25, 0.3) is 0 Å². The summed E-state index contributed by atoms with van der Waals surface area (Å²) in [6, 6.07) is 10.4. The minimum absolute atomic E-state index is 0.0331. The zero-order valence-corrected chi connectivity index (χ0v) is 11.9. The van der Waals surface area contributed by atoms with Crippen molar-refractivity contribution in [1.82, 2.24) is 0 Å². The Hall–Kier alpha value is -1.57. The molecule has 1 saturated carbocycles. The Balaban J connectivity index is 1.90. The van der Waals surface area contributed by atoms with E-state index in [9.17, 15) is 4.79 Å². The van der Waals surface area contributed by atoms with Gasteiger partial charge in [0, 0.05) is 5.92 Å². The highest BCUT2D eigenvalue weighted by molar-refractivity contribution is 5.78. The van der Waals surface area contributed by atoms with Gasteiger partial charge in [-0.1, -0.05) is 41.5 Å². The number of ether oxygens (including phenoxy) is 1. The molecular weight excluding hydrogens is 248 g/mol. The van der Waals surface area contributed by atoms with Gasteiger partial charge >= 0.3 is 5.97 Å². The molecule has 1 aromatic carbocycles. The molecule has 1 saturated heterocycles. The average molecular weight is 268 g/mol. The fraction of sp³-hybridized carbons (Fsp3) is 0.500. The molecular formula is C18H20O2. The van der Waals surface area contributed by atoms with E-state index in [2.05, 4.69) is 31.2 Å². The van der Waals surface area contributed by atoms with E-state index in [0.717, 1.165) is 32.1 Å². The van der Waals surface area contributed by atoms with E-state index >= 15 is 0 Å². The summed E-state index contributed by atoms with van der Waals surface area (Å²) in [4.78, 5) is 12.4. The largest absolute Gasteiger partial charge is 0.453 e. The van der Waals surface area contributed by atoms with Crippen LogP contribution in [0.15, 0.2) is 41.5 Å². The van der Waals surface area contributed by atoms with Crippen LogP contribution in [0, 0.1) is 11.8 Å². The van der Waals surface area contributed by atoms with Gasteiger partial charge in [-0.2, -0.15) is 0 Å². The molecule has 2 heteroatoms. The topological polar surface area (TPSA) is 26.3 Å². The van der Waals surface area contributed by atoms with Crippen LogP contribution in [0.4, 0.5) is 0 Å². The number of esters is 1. The highest BCUT2D eigenvalue weighted by atomic mass is 16.6. The van der Waals surface area contributed by atoms with Crippen LogP contribution in [-0.4, -0.2) is 5.97 Å². The Morgan fingerprint density at radius 1 is 1.20 bits per heavy atom. The van der Waals surface area contributed by atoms with Gasteiger partial charge in [0.2, 0.25) is 0 Å². The Morgan fingerprint density at radius 3 is 2.80 bits per heavy atom. The van der Waals surface area contributed by atoms with Gasteiger partial charge in [0.15, 0.2) is 0 Å². The van der Waals surface area contributed by atoms with Crippen molar-refractivity contribution in [3.63, 3.8) is 0 Å². The maximum Gasteiger partial charge on any atom is 0.310 e. The second-order valence-electron chi connectivity index (χ2n) is 6.46. The summed E-state index contributed by atoms with van der Waals surface area (Å²) < 4.78 is 6.03. The molecule has 0 unspecified atom stereocenters. The van der Waals surface area contributed by atoms with Gasteiger partial charge in [-0.15, -0.1) is 0 Å². The van der Waals surface area contributed by atoms with Crippen molar-refractivity contribution >= 4 is 5.97 Å². The van der Waals surface area contributed by atoms with Gasteiger partial charge in [-0.25, -0.2) is 0 Å². The van der Waals surface area contributed by atoms with E-state index in [1.54, 1.807) is 0 Å². The predicted octanol–water partition coefficient (Wildman–Crippen LogP) is 3.97. The fourth-order valence-electron chi connectivity index (χ4n) is 4.61. The van der Waals surface area contributed by atoms with Crippen LogP contribution in [0.2, 0.25) is 0 Å². The highest BCUT2D eigenvalue weighted by Crippen LogP contribution is 2.58. The summed E-state index contributed by atoms with van der Waals surface area (Å²) in [5.41, 5.74) is 3.83. The van der Waals surface area contributed by atoms with Gasteiger partial charge in [-0.3, -0.25) is 4.79 Å². The van der Waals surface area contributed by atoms with Gasteiger partial charge in [0.25, 0.3) is 0 Å². The third kappa shape index (κ3) is 1.48. The van der Waals surface area contributed by atoms with Gasteiger partial charge < -0.3 is 4.74 Å². The predicted molar refractivity (Wildman–Crippen MR) is 77.0 cm³/mol. The van der Waals surface area contributed by atoms with Crippen LogP contribution in [0.3, 0.4) is 0 Å². The lowest BCUT2D eigenvalue weighted by molar-refractivity contribution is -0.153. The molecule has 0 bridgehead atoms. The molecule has 4 rings (SSSR count). The lowest BCUT2D eigenvalue weighted by Crippen LogP contribution is -2.40. The van der Waals surface area contributed by atoms with Crippen molar-refractivity contribution in [2.24, 2.45) is 11.8 Å². The maximum absolute atomic E-state index is 12.4. The van der Waals surface area contributed by atoms with Crippen LogP contribution in [0.1, 0.15) is 44.6 Å². The molecule has 3 atom stereocenters. The average Bonchev–Trinajstić information content (AvgIpc) is 2.78. The second-order valence-corrected chi connectivity index (χ2v) is 6.46. The van der Waals surface area contributed by atoms with Gasteiger partial charge in [-0.05, 0) is 44.6 Å². The van der Waals surface area contributed by atoms with Crippen molar-refractivity contribution in [3.05, 3.63) is 47.0 Å². The fourth-order valence-corrected chi connectivity index (χ4v) is 4.61. The van der Waals surface area contributed by atoms with E-state index in [1.165, 1.54) is 16.7 Å². The normalized spacial score (nSPS) is 35.8. The molecule has 2 nitrogen and oxygen atoms in total. The number of allylic oxidation sites excluding steroid dienone is 1. The first kappa shape index (κ1) is 12.2. The van der Waals surface area contributed by atoms with Crippen molar-refractivity contribution in [2.75, 3.05) is 0 Å². The van der Waals surface area contributed by atoms with E-state index in [1.807, 2.05) is 6.07 Å².